The average Bonchev–Trinajstić information content (AvgIpc) is 2.76. The van der Waals surface area contributed by atoms with Gasteiger partial charge in [0.05, 0.1) is 18.0 Å². The van der Waals surface area contributed by atoms with E-state index in [0.29, 0.717) is 19.5 Å². The molecule has 2 aromatic rings. The number of nitrogens with zero attached hydrogens (tertiary/aromatic N) is 3. The standard InChI is InChI=1S/C18H22N4O2/c1-12-4-3-7-22-15(9-19-17(12)22)8-16(23)21-10-13-5-2-6-14(11-21)20-18(13)24/h3-4,7,9,13-14H,2,5-6,8,10-11H2,1H3,(H,20,24)/t13-,14+/m1/s1. The second-order valence-corrected chi connectivity index (χ2v) is 6.94. The fraction of sp³-hybridized carbons (Fsp3) is 0.500. The lowest BCUT2D eigenvalue weighted by atomic mass is 9.99. The first-order valence-corrected chi connectivity index (χ1v) is 8.61. The molecule has 6 heteroatoms. The summed E-state index contributed by atoms with van der Waals surface area (Å²) in [6, 6.07) is 4.08. The van der Waals surface area contributed by atoms with Crippen molar-refractivity contribution in [3.8, 4) is 0 Å². The van der Waals surface area contributed by atoms with Crippen molar-refractivity contribution in [3.05, 3.63) is 35.8 Å². The number of carbonyl (C=O) groups excluding carboxylic acids is 2. The third-order valence-electron chi connectivity index (χ3n) is 5.20. The van der Waals surface area contributed by atoms with Gasteiger partial charge in [-0.25, -0.2) is 4.98 Å². The molecule has 4 heterocycles. The van der Waals surface area contributed by atoms with Crippen LogP contribution in [0.1, 0.15) is 30.5 Å². The zero-order chi connectivity index (χ0) is 16.7. The number of hydrogen-bond acceptors (Lipinski definition) is 3. The molecule has 2 bridgehead atoms. The minimum absolute atomic E-state index is 0.0640. The van der Waals surface area contributed by atoms with Crippen LogP contribution in [0.15, 0.2) is 24.5 Å². The van der Waals surface area contributed by atoms with Gasteiger partial charge in [-0.05, 0) is 31.4 Å². The molecule has 0 radical (unpaired) electrons. The fourth-order valence-corrected chi connectivity index (χ4v) is 3.85. The molecular formula is C18H22N4O2. The number of aromatic nitrogens is 2. The number of imidazole rings is 1. The van der Waals surface area contributed by atoms with Crippen LogP contribution < -0.4 is 5.32 Å². The Balaban J connectivity index is 1.55. The third kappa shape index (κ3) is 2.66. The van der Waals surface area contributed by atoms with Gasteiger partial charge in [-0.3, -0.25) is 9.59 Å². The summed E-state index contributed by atoms with van der Waals surface area (Å²) < 4.78 is 1.98. The number of hydrogen-bond donors (Lipinski definition) is 1. The predicted octanol–water partition coefficient (Wildman–Crippen LogP) is 1.31. The Morgan fingerprint density at radius 2 is 2.25 bits per heavy atom. The minimum atomic E-state index is -0.0640. The lowest BCUT2D eigenvalue weighted by Crippen LogP contribution is -2.42. The van der Waals surface area contributed by atoms with Crippen LogP contribution in [0.4, 0.5) is 0 Å². The summed E-state index contributed by atoms with van der Waals surface area (Å²) in [6.45, 7) is 3.18. The van der Waals surface area contributed by atoms with Gasteiger partial charge in [-0.1, -0.05) is 12.5 Å². The highest BCUT2D eigenvalue weighted by atomic mass is 16.2. The molecule has 0 saturated carbocycles. The molecule has 0 aromatic carbocycles. The summed E-state index contributed by atoms with van der Waals surface area (Å²) in [5.74, 6) is 0.121. The van der Waals surface area contributed by atoms with Gasteiger partial charge in [0.15, 0.2) is 0 Å². The Kier molecular flexibility index (Phi) is 3.75. The lowest BCUT2D eigenvalue weighted by molar-refractivity contribution is -0.131. The maximum atomic E-state index is 12.8. The van der Waals surface area contributed by atoms with Crippen LogP contribution in [0.5, 0.6) is 0 Å². The molecule has 2 fully saturated rings. The second-order valence-electron chi connectivity index (χ2n) is 6.94. The van der Waals surface area contributed by atoms with Gasteiger partial charge in [0.1, 0.15) is 5.65 Å². The number of pyridine rings is 1. The van der Waals surface area contributed by atoms with Crippen LogP contribution in [0.2, 0.25) is 0 Å². The van der Waals surface area contributed by atoms with Crippen molar-refractivity contribution in [2.75, 3.05) is 13.1 Å². The molecule has 2 saturated heterocycles. The number of carbonyl (C=O) groups is 2. The van der Waals surface area contributed by atoms with E-state index in [1.807, 2.05) is 34.6 Å². The van der Waals surface area contributed by atoms with Crippen LogP contribution >= 0.6 is 0 Å². The molecule has 0 spiro atoms. The van der Waals surface area contributed by atoms with E-state index in [2.05, 4.69) is 10.3 Å². The summed E-state index contributed by atoms with van der Waals surface area (Å²) in [7, 11) is 0. The second kappa shape index (κ2) is 5.92. The predicted molar refractivity (Wildman–Crippen MR) is 89.5 cm³/mol. The van der Waals surface area contributed by atoms with Gasteiger partial charge >= 0.3 is 0 Å². The Bertz CT molecular complexity index is 797. The largest absolute Gasteiger partial charge is 0.351 e. The first-order valence-electron chi connectivity index (χ1n) is 8.61. The van der Waals surface area contributed by atoms with Crippen molar-refractivity contribution >= 4 is 17.5 Å². The van der Waals surface area contributed by atoms with Crippen LogP contribution in [-0.2, 0) is 16.0 Å². The Labute approximate surface area is 140 Å². The number of amides is 2. The summed E-state index contributed by atoms with van der Waals surface area (Å²) >= 11 is 0. The smallest absolute Gasteiger partial charge is 0.228 e. The van der Waals surface area contributed by atoms with E-state index in [1.54, 1.807) is 6.20 Å². The maximum absolute atomic E-state index is 12.8. The summed E-state index contributed by atoms with van der Waals surface area (Å²) in [4.78, 5) is 31.3. The monoisotopic (exact) mass is 326 g/mol. The number of fused-ring (bicyclic) bond motifs is 4. The fourth-order valence-electron chi connectivity index (χ4n) is 3.85. The molecule has 2 aromatic heterocycles. The number of rotatable bonds is 2. The lowest BCUT2D eigenvalue weighted by Gasteiger charge is -2.27. The molecule has 0 aliphatic carbocycles. The number of nitrogens with one attached hydrogen (secondary N) is 1. The van der Waals surface area contributed by atoms with Crippen molar-refractivity contribution in [1.82, 2.24) is 19.6 Å². The molecular weight excluding hydrogens is 304 g/mol. The maximum Gasteiger partial charge on any atom is 0.228 e. The quantitative estimate of drug-likeness (QED) is 0.905. The summed E-state index contributed by atoms with van der Waals surface area (Å²) in [5.41, 5.74) is 2.88. The van der Waals surface area contributed by atoms with Crippen LogP contribution in [0, 0.1) is 12.8 Å². The van der Waals surface area contributed by atoms with E-state index in [9.17, 15) is 9.59 Å². The van der Waals surface area contributed by atoms with E-state index in [-0.39, 0.29) is 23.8 Å². The molecule has 1 N–H and O–H groups in total. The molecule has 24 heavy (non-hydrogen) atoms. The zero-order valence-electron chi connectivity index (χ0n) is 13.9. The van der Waals surface area contributed by atoms with Crippen LogP contribution in [-0.4, -0.2) is 45.2 Å². The topological polar surface area (TPSA) is 66.7 Å². The Hall–Kier alpha value is -2.37. The first-order chi connectivity index (χ1) is 11.6. The molecule has 2 aliphatic rings. The third-order valence-corrected chi connectivity index (χ3v) is 5.20. The van der Waals surface area contributed by atoms with Gasteiger partial charge in [-0.15, -0.1) is 0 Å². The minimum Gasteiger partial charge on any atom is -0.351 e. The molecule has 126 valence electrons. The normalized spacial score (nSPS) is 23.9. The molecule has 6 nitrogen and oxygen atoms in total. The molecule has 2 amide bonds. The van der Waals surface area contributed by atoms with Crippen molar-refractivity contribution in [2.24, 2.45) is 5.92 Å². The van der Waals surface area contributed by atoms with E-state index < -0.39 is 0 Å². The zero-order valence-corrected chi connectivity index (χ0v) is 13.9. The molecule has 0 unspecified atom stereocenters. The van der Waals surface area contributed by atoms with Gasteiger partial charge in [0, 0.05) is 31.5 Å². The summed E-state index contributed by atoms with van der Waals surface area (Å²) in [6.07, 6.45) is 6.94. The summed E-state index contributed by atoms with van der Waals surface area (Å²) in [5, 5.41) is 3.07. The van der Waals surface area contributed by atoms with E-state index in [1.165, 1.54) is 0 Å². The van der Waals surface area contributed by atoms with Crippen molar-refractivity contribution in [2.45, 2.75) is 38.6 Å². The van der Waals surface area contributed by atoms with Crippen molar-refractivity contribution in [3.63, 3.8) is 0 Å². The average molecular weight is 326 g/mol. The molecule has 2 atom stereocenters. The van der Waals surface area contributed by atoms with Gasteiger partial charge in [-0.2, -0.15) is 0 Å². The number of aryl methyl sites for hydroxylation is 1. The SMILES string of the molecule is Cc1cccn2c(CC(=O)N3C[C@@H]4CCC[C@H](C3)C(=O)N4)cnc12. The molecule has 4 rings (SSSR count). The molecule has 2 aliphatic heterocycles. The van der Waals surface area contributed by atoms with E-state index in [4.69, 9.17) is 0 Å². The van der Waals surface area contributed by atoms with Crippen LogP contribution in [0.3, 0.4) is 0 Å². The Morgan fingerprint density at radius 3 is 3.12 bits per heavy atom. The highest BCUT2D eigenvalue weighted by molar-refractivity contribution is 5.83. The van der Waals surface area contributed by atoms with Crippen LogP contribution in [0.25, 0.3) is 5.65 Å². The van der Waals surface area contributed by atoms with Gasteiger partial charge in [0.25, 0.3) is 0 Å². The van der Waals surface area contributed by atoms with Gasteiger partial charge < -0.3 is 14.6 Å². The first kappa shape index (κ1) is 15.2. The number of likely N-dealkylation sites (tertiary alicyclic amines) is 1. The van der Waals surface area contributed by atoms with Crippen molar-refractivity contribution < 1.29 is 9.59 Å². The highest BCUT2D eigenvalue weighted by Gasteiger charge is 2.34. The Morgan fingerprint density at radius 1 is 1.38 bits per heavy atom. The van der Waals surface area contributed by atoms with E-state index >= 15 is 0 Å². The van der Waals surface area contributed by atoms with E-state index in [0.717, 1.165) is 36.2 Å². The van der Waals surface area contributed by atoms with Crippen molar-refractivity contribution in [1.29, 1.82) is 0 Å². The van der Waals surface area contributed by atoms with Gasteiger partial charge in [0.2, 0.25) is 11.8 Å². The highest BCUT2D eigenvalue weighted by Crippen LogP contribution is 2.22.